The van der Waals surface area contributed by atoms with Crippen molar-refractivity contribution in [3.8, 4) is 0 Å². The number of ether oxygens (including phenoxy) is 1. The minimum Gasteiger partial charge on any atom is -0.366 e. The number of hydrogen-bond acceptors (Lipinski definition) is 5. The summed E-state index contributed by atoms with van der Waals surface area (Å²) in [5, 5.41) is 7.13. The Kier molecular flexibility index (Phi) is 4.68. The minimum absolute atomic E-state index is 0.0268. The van der Waals surface area contributed by atoms with Crippen LogP contribution in [0.25, 0.3) is 0 Å². The van der Waals surface area contributed by atoms with E-state index in [4.69, 9.17) is 4.74 Å². The molecule has 0 spiro atoms. The Hall–Kier alpha value is -0.980. The maximum Gasteiger partial charge on any atom is 0.250 e. The normalized spacial score (nSPS) is 19.8. The highest BCUT2D eigenvalue weighted by Gasteiger charge is 2.21. The Morgan fingerprint density at radius 2 is 2.44 bits per heavy atom. The fourth-order valence-electron chi connectivity index (χ4n) is 1.95. The molecule has 5 nitrogen and oxygen atoms in total. The molecule has 2 N–H and O–H groups in total. The molecule has 2 rings (SSSR count). The smallest absolute Gasteiger partial charge is 0.250 e. The van der Waals surface area contributed by atoms with E-state index in [-0.39, 0.29) is 12.0 Å². The largest absolute Gasteiger partial charge is 0.366 e. The van der Waals surface area contributed by atoms with Crippen molar-refractivity contribution in [2.45, 2.75) is 26.4 Å². The third-order valence-corrected chi connectivity index (χ3v) is 4.00. The van der Waals surface area contributed by atoms with Crippen molar-refractivity contribution >= 4 is 17.2 Å². The molecule has 0 aromatic carbocycles. The molecule has 18 heavy (non-hydrogen) atoms. The number of amides is 1. The van der Waals surface area contributed by atoms with Crippen LogP contribution in [0.1, 0.15) is 15.6 Å². The van der Waals surface area contributed by atoms with Crippen molar-refractivity contribution in [1.29, 1.82) is 0 Å². The standard InChI is InChI=1S/C12H19N3O2S/c1-8-11(18-9(2)15-8)3-4-14-12(16)10-7-13-5-6-17-10/h10,13H,3-7H2,1-2H3,(H,14,16). The molecular weight excluding hydrogens is 250 g/mol. The number of nitrogens with one attached hydrogen (secondary N) is 2. The van der Waals surface area contributed by atoms with Crippen LogP contribution in [0, 0.1) is 13.8 Å². The lowest BCUT2D eigenvalue weighted by molar-refractivity contribution is -0.134. The molecule has 0 bridgehead atoms. The third-order valence-electron chi connectivity index (χ3n) is 2.87. The van der Waals surface area contributed by atoms with Crippen LogP contribution in [-0.2, 0) is 16.0 Å². The van der Waals surface area contributed by atoms with Gasteiger partial charge in [0.05, 0.1) is 17.3 Å². The first-order valence-electron chi connectivity index (χ1n) is 6.20. The number of nitrogens with zero attached hydrogens (tertiary/aromatic N) is 1. The Bertz CT molecular complexity index is 413. The van der Waals surface area contributed by atoms with Crippen molar-refractivity contribution in [3.63, 3.8) is 0 Å². The van der Waals surface area contributed by atoms with Gasteiger partial charge in [0.1, 0.15) is 6.10 Å². The highest BCUT2D eigenvalue weighted by atomic mass is 32.1. The number of aryl methyl sites for hydroxylation is 2. The van der Waals surface area contributed by atoms with E-state index in [0.717, 1.165) is 23.7 Å². The number of morpholine rings is 1. The number of hydrogen-bond donors (Lipinski definition) is 2. The molecule has 1 amide bonds. The molecule has 0 saturated carbocycles. The van der Waals surface area contributed by atoms with E-state index in [2.05, 4.69) is 15.6 Å². The maximum absolute atomic E-state index is 11.8. The summed E-state index contributed by atoms with van der Waals surface area (Å²) in [5.41, 5.74) is 1.07. The van der Waals surface area contributed by atoms with Crippen molar-refractivity contribution in [2.75, 3.05) is 26.2 Å². The Morgan fingerprint density at radius 3 is 3.06 bits per heavy atom. The van der Waals surface area contributed by atoms with Crippen LogP contribution < -0.4 is 10.6 Å². The summed E-state index contributed by atoms with van der Waals surface area (Å²) in [5.74, 6) is -0.0268. The van der Waals surface area contributed by atoms with Crippen molar-refractivity contribution in [2.24, 2.45) is 0 Å². The van der Waals surface area contributed by atoms with E-state index < -0.39 is 0 Å². The van der Waals surface area contributed by atoms with E-state index >= 15 is 0 Å². The molecule has 100 valence electrons. The maximum atomic E-state index is 11.8. The van der Waals surface area contributed by atoms with Crippen LogP contribution >= 0.6 is 11.3 Å². The van der Waals surface area contributed by atoms with Crippen LogP contribution in [0.15, 0.2) is 0 Å². The number of carbonyl (C=O) groups excluding carboxylic acids is 1. The number of aromatic nitrogens is 1. The van der Waals surface area contributed by atoms with Gasteiger partial charge in [-0.05, 0) is 13.8 Å². The second kappa shape index (κ2) is 6.26. The average Bonchev–Trinajstić information content (AvgIpc) is 2.69. The van der Waals surface area contributed by atoms with Crippen molar-refractivity contribution < 1.29 is 9.53 Å². The summed E-state index contributed by atoms with van der Waals surface area (Å²) in [6.45, 7) is 6.68. The highest BCUT2D eigenvalue weighted by molar-refractivity contribution is 7.11. The molecular formula is C12H19N3O2S. The lowest BCUT2D eigenvalue weighted by Gasteiger charge is -2.22. The van der Waals surface area contributed by atoms with Gasteiger partial charge < -0.3 is 15.4 Å². The predicted octanol–water partition coefficient (Wildman–Crippen LogP) is 0.407. The Labute approximate surface area is 111 Å². The van der Waals surface area contributed by atoms with Gasteiger partial charge in [-0.2, -0.15) is 0 Å². The molecule has 1 aromatic rings. The van der Waals surface area contributed by atoms with Crippen LogP contribution in [0.4, 0.5) is 0 Å². The van der Waals surface area contributed by atoms with Crippen LogP contribution in [0.5, 0.6) is 0 Å². The third kappa shape index (κ3) is 3.51. The van der Waals surface area contributed by atoms with Crippen molar-refractivity contribution in [3.05, 3.63) is 15.6 Å². The van der Waals surface area contributed by atoms with E-state index in [0.29, 0.717) is 19.7 Å². The fraction of sp³-hybridized carbons (Fsp3) is 0.667. The lowest BCUT2D eigenvalue weighted by atomic mass is 10.2. The Morgan fingerprint density at radius 1 is 1.61 bits per heavy atom. The zero-order valence-electron chi connectivity index (χ0n) is 10.8. The summed E-state index contributed by atoms with van der Waals surface area (Å²) in [4.78, 5) is 17.4. The molecule has 1 aliphatic rings. The highest BCUT2D eigenvalue weighted by Crippen LogP contribution is 2.17. The molecule has 1 saturated heterocycles. The van der Waals surface area contributed by atoms with Gasteiger partial charge in [0.15, 0.2) is 0 Å². The second-order valence-corrected chi connectivity index (χ2v) is 5.63. The summed E-state index contributed by atoms with van der Waals surface area (Å²) < 4.78 is 5.39. The van der Waals surface area contributed by atoms with E-state index in [1.54, 1.807) is 11.3 Å². The Balaban J connectivity index is 1.74. The fourth-order valence-corrected chi connectivity index (χ4v) is 2.89. The summed E-state index contributed by atoms with van der Waals surface area (Å²) in [7, 11) is 0. The van der Waals surface area contributed by atoms with Gasteiger partial charge in [0, 0.05) is 30.9 Å². The van der Waals surface area contributed by atoms with Gasteiger partial charge in [-0.25, -0.2) is 4.98 Å². The van der Waals surface area contributed by atoms with Crippen LogP contribution in [-0.4, -0.2) is 43.2 Å². The molecule has 1 aliphatic heterocycles. The zero-order chi connectivity index (χ0) is 13.0. The summed E-state index contributed by atoms with van der Waals surface area (Å²) in [6, 6.07) is 0. The molecule has 1 unspecified atom stereocenters. The van der Waals surface area contributed by atoms with E-state index in [1.165, 1.54) is 4.88 Å². The molecule has 1 atom stereocenters. The number of thiazole rings is 1. The molecule has 1 fully saturated rings. The van der Waals surface area contributed by atoms with Gasteiger partial charge in [-0.15, -0.1) is 11.3 Å². The first kappa shape index (κ1) is 13.5. The summed E-state index contributed by atoms with van der Waals surface area (Å²) in [6.07, 6.45) is 0.492. The molecule has 0 aliphatic carbocycles. The van der Waals surface area contributed by atoms with E-state index in [1.807, 2.05) is 13.8 Å². The average molecular weight is 269 g/mol. The molecule has 6 heteroatoms. The SMILES string of the molecule is Cc1nc(C)c(CCNC(=O)C2CNCCO2)s1. The quantitative estimate of drug-likeness (QED) is 0.831. The first-order valence-corrected chi connectivity index (χ1v) is 7.01. The number of rotatable bonds is 4. The molecule has 2 heterocycles. The topological polar surface area (TPSA) is 63.2 Å². The molecule has 1 aromatic heterocycles. The molecule has 0 radical (unpaired) electrons. The summed E-state index contributed by atoms with van der Waals surface area (Å²) >= 11 is 1.70. The minimum atomic E-state index is -0.344. The van der Waals surface area contributed by atoms with E-state index in [9.17, 15) is 4.79 Å². The predicted molar refractivity (Wildman–Crippen MR) is 70.9 cm³/mol. The van der Waals surface area contributed by atoms with Gasteiger partial charge >= 0.3 is 0 Å². The van der Waals surface area contributed by atoms with Crippen molar-refractivity contribution in [1.82, 2.24) is 15.6 Å². The second-order valence-electron chi connectivity index (χ2n) is 4.35. The van der Waals surface area contributed by atoms with Crippen LogP contribution in [0.3, 0.4) is 0 Å². The van der Waals surface area contributed by atoms with Gasteiger partial charge in [-0.1, -0.05) is 0 Å². The van der Waals surface area contributed by atoms with Gasteiger partial charge in [0.2, 0.25) is 5.91 Å². The van der Waals surface area contributed by atoms with Gasteiger partial charge in [-0.3, -0.25) is 4.79 Å². The lowest BCUT2D eigenvalue weighted by Crippen LogP contribution is -2.48. The monoisotopic (exact) mass is 269 g/mol. The first-order chi connectivity index (χ1) is 8.66. The van der Waals surface area contributed by atoms with Crippen LogP contribution in [0.2, 0.25) is 0 Å². The van der Waals surface area contributed by atoms with Gasteiger partial charge in [0.25, 0.3) is 0 Å². The zero-order valence-corrected chi connectivity index (χ0v) is 11.6. The number of carbonyl (C=O) groups is 1.